The predicted octanol–water partition coefficient (Wildman–Crippen LogP) is 2.31. The van der Waals surface area contributed by atoms with E-state index in [0.717, 1.165) is 4.90 Å². The number of carbonyl (C=O) groups excluding carboxylic acids is 3. The summed E-state index contributed by atoms with van der Waals surface area (Å²) in [5, 5.41) is 7.04. The highest BCUT2D eigenvalue weighted by Crippen LogP contribution is 2.27. The molecule has 4 N–H and O–H groups in total. The molecule has 0 saturated carbocycles. The largest absolute Gasteiger partial charge is 0.375 e. The van der Waals surface area contributed by atoms with Gasteiger partial charge in [-0.3, -0.25) is 19.8 Å². The fourth-order valence-electron chi connectivity index (χ4n) is 2.63. The Hall–Kier alpha value is -3.01. The highest BCUT2D eigenvalue weighted by atomic mass is 35.5. The van der Waals surface area contributed by atoms with E-state index in [0.29, 0.717) is 15.7 Å². The third-order valence-electron chi connectivity index (χ3n) is 3.91. The molecule has 1 aliphatic heterocycles. The van der Waals surface area contributed by atoms with Crippen LogP contribution in [0.15, 0.2) is 53.6 Å². The van der Waals surface area contributed by atoms with Crippen LogP contribution in [0.1, 0.15) is 0 Å². The monoisotopic (exact) mass is 449 g/mol. The van der Waals surface area contributed by atoms with Crippen molar-refractivity contribution in [2.75, 3.05) is 10.2 Å². The fraction of sp³-hybridized carbons (Fsp3) is 0.0556. The molecule has 1 aliphatic rings. The minimum absolute atomic E-state index is 0.223. The maximum atomic E-state index is 13.0. The van der Waals surface area contributed by atoms with Crippen LogP contribution in [0.3, 0.4) is 0 Å². The summed E-state index contributed by atoms with van der Waals surface area (Å²) < 4.78 is 0. The van der Waals surface area contributed by atoms with Gasteiger partial charge in [-0.1, -0.05) is 23.2 Å². The second-order valence-electron chi connectivity index (χ2n) is 5.86. The van der Waals surface area contributed by atoms with Crippen LogP contribution in [0.5, 0.6) is 0 Å². The Kier molecular flexibility index (Phi) is 6.12. The molecule has 1 heterocycles. The predicted molar refractivity (Wildman–Crippen MR) is 115 cm³/mol. The lowest BCUT2D eigenvalue weighted by atomic mass is 10.0. The zero-order valence-corrected chi connectivity index (χ0v) is 16.9. The summed E-state index contributed by atoms with van der Waals surface area (Å²) in [6, 6.07) is 12.3. The van der Waals surface area contributed by atoms with E-state index in [-0.39, 0.29) is 16.5 Å². The van der Waals surface area contributed by atoms with Crippen LogP contribution in [0.4, 0.5) is 11.4 Å². The van der Waals surface area contributed by atoms with Gasteiger partial charge in [-0.05, 0) is 60.7 Å². The molecule has 0 spiro atoms. The standard InChI is InChI=1S/C18H13Cl2N5O3S/c19-9-1-5-11(6-2-9)22-15(26)13-14(23-24-18(21)29)17(28)25(16(13)27)12-7-3-10(20)4-8-12/h1-8,13H,(H,22,26)(H3,21,24,29)/b23-14-. The molecule has 0 aliphatic carbocycles. The Bertz CT molecular complexity index is 1020. The second-order valence-corrected chi connectivity index (χ2v) is 7.17. The number of nitrogens with two attached hydrogens (primary N) is 1. The fourth-order valence-corrected chi connectivity index (χ4v) is 2.93. The van der Waals surface area contributed by atoms with Crippen molar-refractivity contribution in [2.45, 2.75) is 0 Å². The van der Waals surface area contributed by atoms with Crippen molar-refractivity contribution in [1.29, 1.82) is 0 Å². The first-order chi connectivity index (χ1) is 13.8. The van der Waals surface area contributed by atoms with Crippen molar-refractivity contribution in [3.05, 3.63) is 58.6 Å². The number of nitrogens with zero attached hydrogens (tertiary/aromatic N) is 2. The van der Waals surface area contributed by atoms with Gasteiger partial charge in [-0.25, -0.2) is 4.90 Å². The molecule has 11 heteroatoms. The molecular formula is C18H13Cl2N5O3S. The lowest BCUT2D eigenvalue weighted by Crippen LogP contribution is -2.35. The topological polar surface area (TPSA) is 117 Å². The van der Waals surface area contributed by atoms with Gasteiger partial charge in [-0.15, -0.1) is 0 Å². The molecule has 3 rings (SSSR count). The van der Waals surface area contributed by atoms with Crippen LogP contribution >= 0.6 is 35.4 Å². The van der Waals surface area contributed by atoms with Crippen LogP contribution in [-0.4, -0.2) is 28.5 Å². The van der Waals surface area contributed by atoms with Gasteiger partial charge in [0, 0.05) is 15.7 Å². The molecule has 148 valence electrons. The molecule has 3 amide bonds. The lowest BCUT2D eigenvalue weighted by Gasteiger charge is -2.14. The minimum Gasteiger partial charge on any atom is -0.375 e. The maximum absolute atomic E-state index is 13.0. The summed E-state index contributed by atoms with van der Waals surface area (Å²) in [5.74, 6) is -3.80. The second kappa shape index (κ2) is 8.56. The molecule has 1 fully saturated rings. The first-order valence-electron chi connectivity index (χ1n) is 8.11. The van der Waals surface area contributed by atoms with Crippen molar-refractivity contribution in [3.8, 4) is 0 Å². The first-order valence-corrected chi connectivity index (χ1v) is 9.27. The number of hydrogen-bond acceptors (Lipinski definition) is 5. The molecule has 1 unspecified atom stereocenters. The van der Waals surface area contributed by atoms with Gasteiger partial charge in [-0.2, -0.15) is 5.10 Å². The summed E-state index contributed by atoms with van der Waals surface area (Å²) in [7, 11) is 0. The number of benzene rings is 2. The minimum atomic E-state index is -1.50. The maximum Gasteiger partial charge on any atom is 0.282 e. The molecule has 0 radical (unpaired) electrons. The van der Waals surface area contributed by atoms with Gasteiger partial charge >= 0.3 is 0 Å². The number of imide groups is 1. The average Bonchev–Trinajstić information content (AvgIpc) is 2.92. The Morgan fingerprint density at radius 1 is 1.03 bits per heavy atom. The number of hydrazone groups is 1. The van der Waals surface area contributed by atoms with Gasteiger partial charge in [0.2, 0.25) is 5.91 Å². The summed E-state index contributed by atoms with van der Waals surface area (Å²) in [4.78, 5) is 39.5. The summed E-state index contributed by atoms with van der Waals surface area (Å²) in [6.07, 6.45) is 0. The number of rotatable bonds is 4. The zero-order chi connectivity index (χ0) is 21.1. The molecule has 29 heavy (non-hydrogen) atoms. The molecule has 0 aromatic heterocycles. The lowest BCUT2D eigenvalue weighted by molar-refractivity contribution is -0.127. The molecule has 2 aromatic rings. The highest BCUT2D eigenvalue weighted by Gasteiger charge is 2.50. The number of amides is 3. The summed E-state index contributed by atoms with van der Waals surface area (Å²) >= 11 is 16.4. The molecule has 0 bridgehead atoms. The van der Waals surface area contributed by atoms with E-state index in [4.69, 9.17) is 28.9 Å². The van der Waals surface area contributed by atoms with Crippen molar-refractivity contribution in [3.63, 3.8) is 0 Å². The summed E-state index contributed by atoms with van der Waals surface area (Å²) in [5.41, 5.74) is 7.90. The van der Waals surface area contributed by atoms with Gasteiger partial charge in [0.05, 0.1) is 5.69 Å². The Morgan fingerprint density at radius 3 is 2.14 bits per heavy atom. The zero-order valence-electron chi connectivity index (χ0n) is 14.6. The molecule has 1 atom stereocenters. The third-order valence-corrected chi connectivity index (χ3v) is 4.50. The first kappa shape index (κ1) is 20.7. The van der Waals surface area contributed by atoms with Crippen molar-refractivity contribution in [2.24, 2.45) is 16.8 Å². The molecular weight excluding hydrogens is 437 g/mol. The Morgan fingerprint density at radius 2 is 1.59 bits per heavy atom. The van der Waals surface area contributed by atoms with E-state index in [1.165, 1.54) is 24.3 Å². The van der Waals surface area contributed by atoms with E-state index in [2.05, 4.69) is 28.1 Å². The van der Waals surface area contributed by atoms with Crippen molar-refractivity contribution >= 4 is 75.3 Å². The van der Waals surface area contributed by atoms with Crippen LogP contribution in [0, 0.1) is 5.92 Å². The number of anilines is 2. The van der Waals surface area contributed by atoms with Crippen LogP contribution < -0.4 is 21.4 Å². The van der Waals surface area contributed by atoms with Gasteiger partial charge in [0.25, 0.3) is 11.8 Å². The van der Waals surface area contributed by atoms with Gasteiger partial charge < -0.3 is 11.1 Å². The van der Waals surface area contributed by atoms with Gasteiger partial charge in [0.15, 0.2) is 11.0 Å². The van der Waals surface area contributed by atoms with Crippen LogP contribution in [-0.2, 0) is 14.4 Å². The van der Waals surface area contributed by atoms with E-state index in [1.807, 2.05) is 0 Å². The SMILES string of the molecule is NC(=S)N/N=C1\C(=O)N(c2ccc(Cl)cc2)C(=O)C1C(=O)Nc1ccc(Cl)cc1. The van der Waals surface area contributed by atoms with E-state index < -0.39 is 23.6 Å². The number of thiocarbonyl (C=S) groups is 1. The number of carbonyl (C=O) groups is 3. The number of hydrogen-bond donors (Lipinski definition) is 3. The Balaban J connectivity index is 1.95. The molecule has 2 aromatic carbocycles. The number of halogens is 2. The quantitative estimate of drug-likeness (QED) is 0.285. The van der Waals surface area contributed by atoms with Gasteiger partial charge in [0.1, 0.15) is 5.71 Å². The van der Waals surface area contributed by atoms with E-state index >= 15 is 0 Å². The molecule has 8 nitrogen and oxygen atoms in total. The number of nitrogens with one attached hydrogen (secondary N) is 2. The van der Waals surface area contributed by atoms with E-state index in [1.54, 1.807) is 24.3 Å². The van der Waals surface area contributed by atoms with E-state index in [9.17, 15) is 14.4 Å². The average molecular weight is 450 g/mol. The van der Waals surface area contributed by atoms with Crippen molar-refractivity contribution in [1.82, 2.24) is 5.43 Å². The third kappa shape index (κ3) is 4.53. The summed E-state index contributed by atoms with van der Waals surface area (Å²) in [6.45, 7) is 0. The van der Waals surface area contributed by atoms with Crippen LogP contribution in [0.25, 0.3) is 0 Å². The van der Waals surface area contributed by atoms with Crippen molar-refractivity contribution < 1.29 is 14.4 Å². The van der Waals surface area contributed by atoms with Crippen LogP contribution in [0.2, 0.25) is 10.0 Å². The Labute approximate surface area is 180 Å². The highest BCUT2D eigenvalue weighted by molar-refractivity contribution is 7.80. The molecule has 1 saturated heterocycles. The normalized spacial score (nSPS) is 17.5. The smallest absolute Gasteiger partial charge is 0.282 e.